The number of rotatable bonds is 5. The fourth-order valence-corrected chi connectivity index (χ4v) is 2.45. The van der Waals surface area contributed by atoms with Gasteiger partial charge in [-0.25, -0.2) is 0 Å². The summed E-state index contributed by atoms with van der Waals surface area (Å²) in [5.41, 5.74) is 0. The number of fused-ring (bicyclic) bond motifs is 1. The molecule has 16 heavy (non-hydrogen) atoms. The fourth-order valence-electron chi connectivity index (χ4n) is 2.45. The number of ether oxygens (including phenoxy) is 3. The molecular weight excluding hydrogens is 208 g/mol. The third kappa shape index (κ3) is 2.56. The van der Waals surface area contributed by atoms with E-state index in [0.717, 1.165) is 6.61 Å². The Labute approximate surface area is 96.9 Å². The average Bonchev–Trinajstić information content (AvgIpc) is 2.80. The topological polar surface area (TPSA) is 47.9 Å². The molecule has 2 heterocycles. The summed E-state index contributed by atoms with van der Waals surface area (Å²) in [7, 11) is 0. The second kappa shape index (κ2) is 5.45. The molecule has 2 fully saturated rings. The highest BCUT2D eigenvalue weighted by Crippen LogP contribution is 2.29. The molecule has 0 spiro atoms. The highest BCUT2D eigenvalue weighted by Gasteiger charge is 2.47. The van der Waals surface area contributed by atoms with Gasteiger partial charge < -0.3 is 19.3 Å². The normalized spacial score (nSPS) is 39.9. The van der Waals surface area contributed by atoms with Gasteiger partial charge in [0.25, 0.3) is 0 Å². The Balaban J connectivity index is 1.75. The molecule has 5 atom stereocenters. The van der Waals surface area contributed by atoms with Crippen LogP contribution in [-0.4, -0.2) is 49.3 Å². The molecule has 4 heteroatoms. The Hall–Kier alpha value is -0.160. The molecule has 0 aromatic heterocycles. The average molecular weight is 230 g/mol. The molecule has 0 aromatic rings. The summed E-state index contributed by atoms with van der Waals surface area (Å²) in [5.74, 6) is 0.579. The van der Waals surface area contributed by atoms with Gasteiger partial charge in [0.2, 0.25) is 0 Å². The van der Waals surface area contributed by atoms with Gasteiger partial charge in [-0.05, 0) is 12.3 Å². The molecule has 94 valence electrons. The molecule has 0 aromatic carbocycles. The molecule has 0 radical (unpaired) electrons. The van der Waals surface area contributed by atoms with Crippen LogP contribution in [0.3, 0.4) is 0 Å². The van der Waals surface area contributed by atoms with Gasteiger partial charge in [-0.1, -0.05) is 20.3 Å². The van der Waals surface area contributed by atoms with E-state index in [9.17, 15) is 5.11 Å². The van der Waals surface area contributed by atoms with Crippen molar-refractivity contribution in [3.8, 4) is 0 Å². The van der Waals surface area contributed by atoms with Crippen molar-refractivity contribution in [3.63, 3.8) is 0 Å². The van der Waals surface area contributed by atoms with Crippen LogP contribution in [0.15, 0.2) is 0 Å². The van der Waals surface area contributed by atoms with Gasteiger partial charge in [-0.3, -0.25) is 0 Å². The molecular formula is C12H22O4. The summed E-state index contributed by atoms with van der Waals surface area (Å²) in [6, 6.07) is 0. The van der Waals surface area contributed by atoms with Gasteiger partial charge in [-0.2, -0.15) is 0 Å². The Morgan fingerprint density at radius 2 is 2.06 bits per heavy atom. The molecule has 2 rings (SSSR count). The van der Waals surface area contributed by atoms with Crippen LogP contribution in [-0.2, 0) is 14.2 Å². The van der Waals surface area contributed by atoms with E-state index >= 15 is 0 Å². The van der Waals surface area contributed by atoms with E-state index in [4.69, 9.17) is 14.2 Å². The molecule has 1 unspecified atom stereocenters. The van der Waals surface area contributed by atoms with Crippen LogP contribution < -0.4 is 0 Å². The molecule has 2 saturated heterocycles. The number of hydrogen-bond acceptors (Lipinski definition) is 4. The lowest BCUT2D eigenvalue weighted by molar-refractivity contribution is -0.0464. The maximum Gasteiger partial charge on any atom is 0.115 e. The maximum absolute atomic E-state index is 9.57. The summed E-state index contributed by atoms with van der Waals surface area (Å²) in [5, 5.41) is 9.57. The molecule has 4 nitrogen and oxygen atoms in total. The van der Waals surface area contributed by atoms with E-state index in [1.54, 1.807) is 0 Å². The summed E-state index contributed by atoms with van der Waals surface area (Å²) >= 11 is 0. The van der Waals surface area contributed by atoms with Gasteiger partial charge in [0.1, 0.15) is 24.4 Å². The van der Waals surface area contributed by atoms with Crippen LogP contribution >= 0.6 is 0 Å². The lowest BCUT2D eigenvalue weighted by Gasteiger charge is -2.19. The van der Waals surface area contributed by atoms with Gasteiger partial charge in [-0.15, -0.1) is 0 Å². The van der Waals surface area contributed by atoms with Crippen molar-refractivity contribution in [2.75, 3.05) is 19.8 Å². The Morgan fingerprint density at radius 1 is 1.31 bits per heavy atom. The quantitative estimate of drug-likeness (QED) is 0.764. The zero-order valence-corrected chi connectivity index (χ0v) is 10.1. The highest BCUT2D eigenvalue weighted by atomic mass is 16.6. The second-order valence-corrected chi connectivity index (χ2v) is 4.93. The van der Waals surface area contributed by atoms with Gasteiger partial charge >= 0.3 is 0 Å². The minimum Gasteiger partial charge on any atom is -0.388 e. The molecule has 2 aliphatic heterocycles. The molecule has 1 N–H and O–H groups in total. The number of aliphatic hydroxyl groups excluding tert-OH is 1. The van der Waals surface area contributed by atoms with Gasteiger partial charge in [0.15, 0.2) is 0 Å². The number of hydrogen-bond donors (Lipinski definition) is 1. The molecule has 0 saturated carbocycles. The maximum atomic E-state index is 9.57. The summed E-state index contributed by atoms with van der Waals surface area (Å²) < 4.78 is 16.8. The van der Waals surface area contributed by atoms with Crippen molar-refractivity contribution in [2.24, 2.45) is 5.92 Å². The van der Waals surface area contributed by atoms with Crippen molar-refractivity contribution in [3.05, 3.63) is 0 Å². The van der Waals surface area contributed by atoms with Crippen molar-refractivity contribution in [1.29, 1.82) is 0 Å². The van der Waals surface area contributed by atoms with E-state index in [-0.39, 0.29) is 18.3 Å². The van der Waals surface area contributed by atoms with Gasteiger partial charge in [0, 0.05) is 6.61 Å². The van der Waals surface area contributed by atoms with E-state index in [1.165, 1.54) is 12.8 Å². The molecule has 0 aliphatic carbocycles. The van der Waals surface area contributed by atoms with Crippen molar-refractivity contribution in [1.82, 2.24) is 0 Å². The molecule has 0 bridgehead atoms. The van der Waals surface area contributed by atoms with Crippen LogP contribution in [0, 0.1) is 5.92 Å². The summed E-state index contributed by atoms with van der Waals surface area (Å²) in [6.07, 6.45) is 1.65. The lowest BCUT2D eigenvalue weighted by Crippen LogP contribution is -2.33. The Bertz CT molecular complexity index is 221. The third-order valence-corrected chi connectivity index (χ3v) is 3.36. The van der Waals surface area contributed by atoms with E-state index < -0.39 is 6.10 Å². The van der Waals surface area contributed by atoms with E-state index in [1.807, 2.05) is 0 Å². The smallest absolute Gasteiger partial charge is 0.115 e. The van der Waals surface area contributed by atoms with Crippen molar-refractivity contribution < 1.29 is 19.3 Å². The van der Waals surface area contributed by atoms with Crippen LogP contribution in [0.25, 0.3) is 0 Å². The highest BCUT2D eigenvalue weighted by molar-refractivity contribution is 4.94. The minimum atomic E-state index is -0.480. The van der Waals surface area contributed by atoms with Gasteiger partial charge in [0.05, 0.1) is 13.2 Å². The number of aliphatic hydroxyl groups is 1. The fraction of sp³-hybridized carbons (Fsp3) is 1.00. The second-order valence-electron chi connectivity index (χ2n) is 4.93. The Kier molecular flexibility index (Phi) is 4.19. The van der Waals surface area contributed by atoms with Crippen LogP contribution in [0.5, 0.6) is 0 Å². The monoisotopic (exact) mass is 230 g/mol. The van der Waals surface area contributed by atoms with Crippen molar-refractivity contribution >= 4 is 0 Å². The third-order valence-electron chi connectivity index (χ3n) is 3.36. The first-order chi connectivity index (χ1) is 7.72. The van der Waals surface area contributed by atoms with Crippen LogP contribution in [0.1, 0.15) is 26.7 Å². The summed E-state index contributed by atoms with van der Waals surface area (Å²) in [6.45, 7) is 6.05. The first-order valence-corrected chi connectivity index (χ1v) is 6.25. The van der Waals surface area contributed by atoms with E-state index in [0.29, 0.717) is 19.1 Å². The molecule has 0 amide bonds. The lowest BCUT2D eigenvalue weighted by atomic mass is 10.1. The first-order valence-electron chi connectivity index (χ1n) is 6.25. The zero-order valence-electron chi connectivity index (χ0n) is 10.1. The zero-order chi connectivity index (χ0) is 11.5. The summed E-state index contributed by atoms with van der Waals surface area (Å²) in [4.78, 5) is 0. The standard InChI is InChI=1S/C12H22O4/c1-3-4-8(2)5-14-10-7-16-11-9(13)6-15-12(10)11/h8-13H,3-7H2,1-2H3/t8?,9-,10-,11-,12-/m1/s1. The predicted molar refractivity (Wildman–Crippen MR) is 59.3 cm³/mol. The minimum absolute atomic E-state index is 0.00135. The van der Waals surface area contributed by atoms with Crippen LogP contribution in [0.4, 0.5) is 0 Å². The van der Waals surface area contributed by atoms with Crippen LogP contribution in [0.2, 0.25) is 0 Å². The SMILES string of the molecule is CCCC(C)CO[C@@H]1CO[C@H]2[C@@H]1OC[C@H]2O. The molecule has 2 aliphatic rings. The Morgan fingerprint density at radius 3 is 2.81 bits per heavy atom. The first kappa shape index (κ1) is 12.3. The van der Waals surface area contributed by atoms with Crippen molar-refractivity contribution in [2.45, 2.75) is 51.1 Å². The predicted octanol–water partition coefficient (Wildman–Crippen LogP) is 0.966. The van der Waals surface area contributed by atoms with E-state index in [2.05, 4.69) is 13.8 Å². The largest absolute Gasteiger partial charge is 0.388 e.